The van der Waals surface area contributed by atoms with Gasteiger partial charge in [-0.05, 0) is 42.9 Å². The van der Waals surface area contributed by atoms with E-state index in [0.717, 1.165) is 38.0 Å². The summed E-state index contributed by atoms with van der Waals surface area (Å²) in [5.41, 5.74) is 1.27. The standard InChI is InChI=1S/C20H25FN4O2/c21-18-11-17(25-5-7-27-8-6-25)4-2-13(18)9-16(12-22)24-20(26)19-14-1-3-15(10-14)23-19/h2,4,11,14-16,19,23H,1,3,5-10H2,(H,24,26)/t14-,15+,16-,19-/m0/s1. The van der Waals surface area contributed by atoms with E-state index in [1.807, 2.05) is 6.07 Å². The van der Waals surface area contributed by atoms with Gasteiger partial charge in [-0.15, -0.1) is 0 Å². The second kappa shape index (κ2) is 7.83. The molecule has 2 N–H and O–H groups in total. The summed E-state index contributed by atoms with van der Waals surface area (Å²) in [4.78, 5) is 14.6. The van der Waals surface area contributed by atoms with E-state index in [-0.39, 0.29) is 24.2 Å². The molecule has 3 aliphatic rings. The number of carbonyl (C=O) groups excluding carboxylic acids is 1. The Hall–Kier alpha value is -2.17. The highest BCUT2D eigenvalue weighted by Gasteiger charge is 2.43. The Kier molecular flexibility index (Phi) is 5.28. The molecule has 2 saturated heterocycles. The summed E-state index contributed by atoms with van der Waals surface area (Å²) in [6, 6.07) is 6.67. The van der Waals surface area contributed by atoms with Crippen molar-refractivity contribution in [1.29, 1.82) is 5.26 Å². The van der Waals surface area contributed by atoms with Gasteiger partial charge in [0.1, 0.15) is 11.9 Å². The van der Waals surface area contributed by atoms with E-state index in [4.69, 9.17) is 4.74 Å². The molecule has 2 bridgehead atoms. The van der Waals surface area contributed by atoms with Crippen molar-refractivity contribution < 1.29 is 13.9 Å². The van der Waals surface area contributed by atoms with Gasteiger partial charge >= 0.3 is 0 Å². The summed E-state index contributed by atoms with van der Waals surface area (Å²) >= 11 is 0. The molecule has 3 fully saturated rings. The number of carbonyl (C=O) groups is 1. The highest BCUT2D eigenvalue weighted by molar-refractivity contribution is 5.83. The van der Waals surface area contributed by atoms with Gasteiger partial charge < -0.3 is 20.3 Å². The molecule has 0 aromatic heterocycles. The number of ether oxygens (including phenoxy) is 1. The number of rotatable bonds is 5. The molecule has 4 rings (SSSR count). The summed E-state index contributed by atoms with van der Waals surface area (Å²) in [5, 5.41) is 15.5. The van der Waals surface area contributed by atoms with Gasteiger partial charge in [0.25, 0.3) is 0 Å². The predicted octanol–water partition coefficient (Wildman–Crippen LogP) is 1.35. The van der Waals surface area contributed by atoms with Crippen LogP contribution in [-0.4, -0.2) is 50.3 Å². The fourth-order valence-corrected chi connectivity index (χ4v) is 4.48. The van der Waals surface area contributed by atoms with Crippen molar-refractivity contribution >= 4 is 11.6 Å². The lowest BCUT2D eigenvalue weighted by atomic mass is 9.98. The van der Waals surface area contributed by atoms with Gasteiger partial charge in [-0.25, -0.2) is 4.39 Å². The average Bonchev–Trinajstić information content (AvgIpc) is 3.33. The number of nitrogens with one attached hydrogen (secondary N) is 2. The summed E-state index contributed by atoms with van der Waals surface area (Å²) in [6.07, 6.45) is 3.38. The number of morpholine rings is 1. The zero-order valence-corrected chi connectivity index (χ0v) is 15.3. The van der Waals surface area contributed by atoms with Crippen LogP contribution in [0.15, 0.2) is 18.2 Å². The van der Waals surface area contributed by atoms with Crippen molar-refractivity contribution in [1.82, 2.24) is 10.6 Å². The molecule has 2 aliphatic heterocycles. The van der Waals surface area contributed by atoms with E-state index >= 15 is 0 Å². The molecule has 1 aromatic carbocycles. The SMILES string of the molecule is N#C[C@H](Cc1ccc(N2CCOCC2)cc1F)NC(=O)[C@H]1N[C@@H]2CC[C@H]1C2. The highest BCUT2D eigenvalue weighted by Crippen LogP contribution is 2.35. The molecule has 4 atom stereocenters. The lowest BCUT2D eigenvalue weighted by molar-refractivity contribution is -0.124. The predicted molar refractivity (Wildman–Crippen MR) is 98.7 cm³/mol. The van der Waals surface area contributed by atoms with Crippen LogP contribution >= 0.6 is 0 Å². The molecule has 1 amide bonds. The number of hydrogen-bond donors (Lipinski definition) is 2. The average molecular weight is 372 g/mol. The molecule has 0 unspecified atom stereocenters. The summed E-state index contributed by atoms with van der Waals surface area (Å²) in [5.74, 6) is -0.121. The molecule has 6 nitrogen and oxygen atoms in total. The van der Waals surface area contributed by atoms with Crippen molar-refractivity contribution in [3.05, 3.63) is 29.6 Å². The van der Waals surface area contributed by atoms with Crippen LogP contribution in [0.2, 0.25) is 0 Å². The van der Waals surface area contributed by atoms with E-state index in [0.29, 0.717) is 30.7 Å². The van der Waals surface area contributed by atoms with Crippen LogP contribution in [0.3, 0.4) is 0 Å². The second-order valence-corrected chi connectivity index (χ2v) is 7.68. The molecule has 1 saturated carbocycles. The Morgan fingerprint density at radius 2 is 2.22 bits per heavy atom. The van der Waals surface area contributed by atoms with Crippen LogP contribution in [0.5, 0.6) is 0 Å². The fraction of sp³-hybridized carbons (Fsp3) is 0.600. The topological polar surface area (TPSA) is 77.4 Å². The van der Waals surface area contributed by atoms with Crippen LogP contribution in [0.1, 0.15) is 24.8 Å². The fourth-order valence-electron chi connectivity index (χ4n) is 4.48. The first-order chi connectivity index (χ1) is 13.1. The largest absolute Gasteiger partial charge is 0.378 e. The zero-order valence-electron chi connectivity index (χ0n) is 15.3. The Labute approximate surface area is 158 Å². The molecular formula is C20H25FN4O2. The Balaban J connectivity index is 1.38. The number of anilines is 1. The Morgan fingerprint density at radius 1 is 1.41 bits per heavy atom. The minimum atomic E-state index is -0.734. The minimum absolute atomic E-state index is 0.140. The third kappa shape index (κ3) is 3.92. The number of benzene rings is 1. The monoisotopic (exact) mass is 372 g/mol. The smallest absolute Gasteiger partial charge is 0.238 e. The second-order valence-electron chi connectivity index (χ2n) is 7.68. The third-order valence-electron chi connectivity index (χ3n) is 5.95. The summed E-state index contributed by atoms with van der Waals surface area (Å²) in [7, 11) is 0. The van der Waals surface area contributed by atoms with Gasteiger partial charge in [0.2, 0.25) is 5.91 Å². The summed E-state index contributed by atoms with van der Waals surface area (Å²) < 4.78 is 19.9. The maximum atomic E-state index is 14.6. The van der Waals surface area contributed by atoms with Crippen molar-refractivity contribution in [2.75, 3.05) is 31.2 Å². The summed E-state index contributed by atoms with van der Waals surface area (Å²) in [6.45, 7) is 2.77. The van der Waals surface area contributed by atoms with Crippen molar-refractivity contribution in [2.24, 2.45) is 5.92 Å². The van der Waals surface area contributed by atoms with Crippen LogP contribution in [-0.2, 0) is 16.0 Å². The molecule has 0 radical (unpaired) electrons. The van der Waals surface area contributed by atoms with E-state index in [2.05, 4.69) is 21.6 Å². The van der Waals surface area contributed by atoms with E-state index in [1.165, 1.54) is 6.07 Å². The zero-order chi connectivity index (χ0) is 18.8. The molecule has 2 heterocycles. The maximum Gasteiger partial charge on any atom is 0.238 e. The van der Waals surface area contributed by atoms with Crippen molar-refractivity contribution in [3.8, 4) is 6.07 Å². The molecule has 7 heteroatoms. The first-order valence-corrected chi connectivity index (χ1v) is 9.71. The number of amides is 1. The number of fused-ring (bicyclic) bond motifs is 2. The minimum Gasteiger partial charge on any atom is -0.378 e. The number of nitriles is 1. The lowest BCUT2D eigenvalue weighted by Gasteiger charge is -2.29. The Bertz CT molecular complexity index is 744. The van der Waals surface area contributed by atoms with Gasteiger partial charge in [0.05, 0.1) is 25.3 Å². The molecule has 0 spiro atoms. The van der Waals surface area contributed by atoms with Gasteiger partial charge in [0.15, 0.2) is 0 Å². The molecule has 1 aliphatic carbocycles. The highest BCUT2D eigenvalue weighted by atomic mass is 19.1. The molecule has 144 valence electrons. The van der Waals surface area contributed by atoms with Crippen molar-refractivity contribution in [3.63, 3.8) is 0 Å². The van der Waals surface area contributed by atoms with Gasteiger partial charge in [-0.3, -0.25) is 4.79 Å². The number of halogens is 1. The van der Waals surface area contributed by atoms with E-state index < -0.39 is 6.04 Å². The van der Waals surface area contributed by atoms with Crippen molar-refractivity contribution in [2.45, 2.75) is 43.8 Å². The number of nitrogens with zero attached hydrogens (tertiary/aromatic N) is 2. The first-order valence-electron chi connectivity index (χ1n) is 9.71. The van der Waals surface area contributed by atoms with Crippen LogP contribution in [0.4, 0.5) is 10.1 Å². The van der Waals surface area contributed by atoms with E-state index in [1.54, 1.807) is 6.07 Å². The molecule has 1 aromatic rings. The van der Waals surface area contributed by atoms with Crippen LogP contribution < -0.4 is 15.5 Å². The lowest BCUT2D eigenvalue weighted by Crippen LogP contribution is -2.50. The quantitative estimate of drug-likeness (QED) is 0.816. The third-order valence-corrected chi connectivity index (χ3v) is 5.95. The first kappa shape index (κ1) is 18.2. The molecular weight excluding hydrogens is 347 g/mol. The normalized spacial score (nSPS) is 28.0. The van der Waals surface area contributed by atoms with E-state index in [9.17, 15) is 14.4 Å². The Morgan fingerprint density at radius 3 is 2.85 bits per heavy atom. The maximum absolute atomic E-state index is 14.6. The van der Waals surface area contributed by atoms with Gasteiger partial charge in [-0.2, -0.15) is 5.26 Å². The number of piperidine rings is 1. The molecule has 27 heavy (non-hydrogen) atoms. The number of hydrogen-bond acceptors (Lipinski definition) is 5. The van der Waals surface area contributed by atoms with Crippen LogP contribution in [0, 0.1) is 23.1 Å². The van der Waals surface area contributed by atoms with Crippen LogP contribution in [0.25, 0.3) is 0 Å². The van der Waals surface area contributed by atoms with Gasteiger partial charge in [-0.1, -0.05) is 6.07 Å². The van der Waals surface area contributed by atoms with Gasteiger partial charge in [0, 0.05) is 31.2 Å².